The molecule has 0 unspecified atom stereocenters. The summed E-state index contributed by atoms with van der Waals surface area (Å²) in [5.41, 5.74) is 4.38. The highest BCUT2D eigenvalue weighted by atomic mass is 35.5. The Bertz CT molecular complexity index is 748. The molecule has 0 atom stereocenters. The SMILES string of the molecule is Clc1cccc(-c2cccc(-c3ccccc3Cl)c2)c1. The van der Waals surface area contributed by atoms with Gasteiger partial charge in [-0.25, -0.2) is 0 Å². The van der Waals surface area contributed by atoms with Crippen molar-refractivity contribution in [3.8, 4) is 22.3 Å². The molecule has 0 aliphatic heterocycles. The van der Waals surface area contributed by atoms with E-state index in [0.717, 1.165) is 32.3 Å². The van der Waals surface area contributed by atoms with Gasteiger partial charge in [-0.05, 0) is 41.0 Å². The molecule has 3 aromatic rings. The summed E-state index contributed by atoms with van der Waals surface area (Å²) in [5.74, 6) is 0. The minimum absolute atomic E-state index is 0.741. The van der Waals surface area contributed by atoms with Gasteiger partial charge in [-0.15, -0.1) is 0 Å². The Morgan fingerprint density at radius 2 is 1.20 bits per heavy atom. The number of halogens is 2. The van der Waals surface area contributed by atoms with Crippen LogP contribution in [-0.2, 0) is 0 Å². The topological polar surface area (TPSA) is 0 Å². The van der Waals surface area contributed by atoms with Crippen LogP contribution in [0, 0.1) is 0 Å². The maximum absolute atomic E-state index is 6.26. The molecular formula is C18H12Cl2. The standard InChI is InChI=1S/C18H12Cl2/c19-16-8-4-6-14(12-16)13-5-3-7-15(11-13)17-9-1-2-10-18(17)20/h1-12H. The number of hydrogen-bond donors (Lipinski definition) is 0. The molecule has 0 bridgehead atoms. The lowest BCUT2D eigenvalue weighted by Crippen LogP contribution is -1.82. The van der Waals surface area contributed by atoms with Gasteiger partial charge < -0.3 is 0 Å². The molecule has 0 saturated heterocycles. The average Bonchev–Trinajstić information content (AvgIpc) is 2.48. The van der Waals surface area contributed by atoms with E-state index in [1.165, 1.54) is 0 Å². The van der Waals surface area contributed by atoms with Crippen molar-refractivity contribution in [2.24, 2.45) is 0 Å². The zero-order valence-electron chi connectivity index (χ0n) is 10.7. The fraction of sp³-hybridized carbons (Fsp3) is 0. The molecule has 0 nitrogen and oxygen atoms in total. The molecule has 0 fully saturated rings. The van der Waals surface area contributed by atoms with Crippen LogP contribution >= 0.6 is 23.2 Å². The van der Waals surface area contributed by atoms with Crippen molar-refractivity contribution in [3.05, 3.63) is 82.8 Å². The zero-order chi connectivity index (χ0) is 13.9. The van der Waals surface area contributed by atoms with E-state index in [0.29, 0.717) is 0 Å². The van der Waals surface area contributed by atoms with Gasteiger partial charge in [-0.2, -0.15) is 0 Å². The van der Waals surface area contributed by atoms with Crippen molar-refractivity contribution in [2.75, 3.05) is 0 Å². The molecule has 0 aliphatic rings. The summed E-state index contributed by atoms with van der Waals surface area (Å²) in [5, 5.41) is 1.50. The Kier molecular flexibility index (Phi) is 3.77. The second kappa shape index (κ2) is 5.70. The summed E-state index contributed by atoms with van der Waals surface area (Å²) in [4.78, 5) is 0. The Morgan fingerprint density at radius 1 is 0.550 bits per heavy atom. The third-order valence-corrected chi connectivity index (χ3v) is 3.77. The van der Waals surface area contributed by atoms with Crippen molar-refractivity contribution in [1.29, 1.82) is 0 Å². The van der Waals surface area contributed by atoms with E-state index < -0.39 is 0 Å². The van der Waals surface area contributed by atoms with Crippen molar-refractivity contribution in [1.82, 2.24) is 0 Å². The first-order valence-corrected chi connectivity index (χ1v) is 7.10. The molecular weight excluding hydrogens is 287 g/mol. The van der Waals surface area contributed by atoms with Crippen molar-refractivity contribution in [3.63, 3.8) is 0 Å². The predicted octanol–water partition coefficient (Wildman–Crippen LogP) is 6.33. The maximum Gasteiger partial charge on any atom is 0.0484 e. The predicted molar refractivity (Wildman–Crippen MR) is 87.3 cm³/mol. The van der Waals surface area contributed by atoms with E-state index >= 15 is 0 Å². The highest BCUT2D eigenvalue weighted by Crippen LogP contribution is 2.31. The maximum atomic E-state index is 6.26. The Labute approximate surface area is 128 Å². The molecule has 0 spiro atoms. The van der Waals surface area contributed by atoms with Gasteiger partial charge in [0, 0.05) is 15.6 Å². The first-order chi connectivity index (χ1) is 9.74. The van der Waals surface area contributed by atoms with Crippen molar-refractivity contribution in [2.45, 2.75) is 0 Å². The second-order valence-corrected chi connectivity index (χ2v) is 5.41. The van der Waals surface area contributed by atoms with Crippen LogP contribution in [-0.4, -0.2) is 0 Å². The van der Waals surface area contributed by atoms with Crippen LogP contribution in [0.1, 0.15) is 0 Å². The average molecular weight is 299 g/mol. The molecule has 0 aromatic heterocycles. The van der Waals surface area contributed by atoms with Crippen molar-refractivity contribution < 1.29 is 0 Å². The van der Waals surface area contributed by atoms with Gasteiger partial charge >= 0.3 is 0 Å². The third-order valence-electron chi connectivity index (χ3n) is 3.21. The normalized spacial score (nSPS) is 10.5. The van der Waals surface area contributed by atoms with Gasteiger partial charge in [0.2, 0.25) is 0 Å². The van der Waals surface area contributed by atoms with Gasteiger partial charge in [0.25, 0.3) is 0 Å². The molecule has 0 radical (unpaired) electrons. The monoisotopic (exact) mass is 298 g/mol. The molecule has 0 aliphatic carbocycles. The van der Waals surface area contributed by atoms with Gasteiger partial charge in [0.15, 0.2) is 0 Å². The Balaban J connectivity index is 2.09. The van der Waals surface area contributed by atoms with E-state index in [1.807, 2.05) is 48.5 Å². The highest BCUT2D eigenvalue weighted by Gasteiger charge is 2.05. The van der Waals surface area contributed by atoms with Crippen LogP contribution in [0.15, 0.2) is 72.8 Å². The van der Waals surface area contributed by atoms with Gasteiger partial charge in [-0.3, -0.25) is 0 Å². The fourth-order valence-electron chi connectivity index (χ4n) is 2.23. The van der Waals surface area contributed by atoms with Crippen LogP contribution in [0.4, 0.5) is 0 Å². The number of rotatable bonds is 2. The molecule has 98 valence electrons. The zero-order valence-corrected chi connectivity index (χ0v) is 12.2. The van der Waals surface area contributed by atoms with Gasteiger partial charge in [0.05, 0.1) is 0 Å². The molecule has 0 N–H and O–H groups in total. The first kappa shape index (κ1) is 13.2. The largest absolute Gasteiger partial charge is 0.0843 e. The fourth-order valence-corrected chi connectivity index (χ4v) is 2.66. The minimum Gasteiger partial charge on any atom is -0.0843 e. The van der Waals surface area contributed by atoms with E-state index in [1.54, 1.807) is 0 Å². The third kappa shape index (κ3) is 2.72. The van der Waals surface area contributed by atoms with Crippen LogP contribution in [0.5, 0.6) is 0 Å². The molecule has 2 heteroatoms. The smallest absolute Gasteiger partial charge is 0.0484 e. The molecule has 0 heterocycles. The van der Waals surface area contributed by atoms with E-state index in [2.05, 4.69) is 24.3 Å². The van der Waals surface area contributed by atoms with Crippen LogP contribution in [0.25, 0.3) is 22.3 Å². The van der Waals surface area contributed by atoms with Crippen molar-refractivity contribution >= 4 is 23.2 Å². The summed E-state index contributed by atoms with van der Waals surface area (Å²) >= 11 is 12.3. The lowest BCUT2D eigenvalue weighted by molar-refractivity contribution is 1.59. The summed E-state index contributed by atoms with van der Waals surface area (Å²) in [6, 6.07) is 24.0. The molecule has 3 rings (SSSR count). The minimum atomic E-state index is 0.741. The van der Waals surface area contributed by atoms with Gasteiger partial charge in [0.1, 0.15) is 0 Å². The Hall–Kier alpha value is -1.76. The highest BCUT2D eigenvalue weighted by molar-refractivity contribution is 6.33. The van der Waals surface area contributed by atoms with Gasteiger partial charge in [-0.1, -0.05) is 71.7 Å². The van der Waals surface area contributed by atoms with E-state index in [-0.39, 0.29) is 0 Å². The molecule has 20 heavy (non-hydrogen) atoms. The Morgan fingerprint density at radius 3 is 1.95 bits per heavy atom. The summed E-state index contributed by atoms with van der Waals surface area (Å²) in [7, 11) is 0. The summed E-state index contributed by atoms with van der Waals surface area (Å²) in [6.45, 7) is 0. The number of hydrogen-bond acceptors (Lipinski definition) is 0. The summed E-state index contributed by atoms with van der Waals surface area (Å²) < 4.78 is 0. The lowest BCUT2D eigenvalue weighted by Gasteiger charge is -2.08. The first-order valence-electron chi connectivity index (χ1n) is 6.35. The van der Waals surface area contributed by atoms with E-state index in [9.17, 15) is 0 Å². The molecule has 0 saturated carbocycles. The number of benzene rings is 3. The lowest BCUT2D eigenvalue weighted by atomic mass is 9.99. The van der Waals surface area contributed by atoms with Crippen LogP contribution < -0.4 is 0 Å². The molecule has 3 aromatic carbocycles. The van der Waals surface area contributed by atoms with Crippen LogP contribution in [0.2, 0.25) is 10.0 Å². The van der Waals surface area contributed by atoms with Crippen LogP contribution in [0.3, 0.4) is 0 Å². The summed E-state index contributed by atoms with van der Waals surface area (Å²) in [6.07, 6.45) is 0. The quantitative estimate of drug-likeness (QED) is 0.519. The molecule has 0 amide bonds. The second-order valence-electron chi connectivity index (χ2n) is 4.57. The van der Waals surface area contributed by atoms with E-state index in [4.69, 9.17) is 23.2 Å².